The predicted molar refractivity (Wildman–Crippen MR) is 72.9 cm³/mol. The molecule has 0 aromatic heterocycles. The summed E-state index contributed by atoms with van der Waals surface area (Å²) in [5.41, 5.74) is 4.58. The van der Waals surface area contributed by atoms with Gasteiger partial charge in [0, 0.05) is 17.3 Å². The molecule has 0 aliphatic carbocycles. The summed E-state index contributed by atoms with van der Waals surface area (Å²) in [4.78, 5) is 11.3. The number of carbonyl (C=O) groups is 1. The lowest BCUT2D eigenvalue weighted by molar-refractivity contribution is -0.123. The molecule has 3 N–H and O–H groups in total. The molecule has 0 aliphatic heterocycles. The summed E-state index contributed by atoms with van der Waals surface area (Å²) >= 11 is 1.54. The molecule has 102 valence electrons. The van der Waals surface area contributed by atoms with Crippen LogP contribution in [0.4, 0.5) is 0 Å². The first-order chi connectivity index (χ1) is 7.60. The number of primary amides is 1. The fourth-order valence-corrected chi connectivity index (χ4v) is 3.81. The van der Waals surface area contributed by atoms with Gasteiger partial charge in [-0.1, -0.05) is 6.92 Å². The second kappa shape index (κ2) is 6.61. The zero-order chi connectivity index (χ0) is 13.7. The fourth-order valence-electron chi connectivity index (χ4n) is 1.36. The third-order valence-corrected chi connectivity index (χ3v) is 5.03. The Hall–Kier alpha value is -0.270. The summed E-state index contributed by atoms with van der Waals surface area (Å²) in [5.74, 6) is 0.309. The van der Waals surface area contributed by atoms with Gasteiger partial charge >= 0.3 is 0 Å². The Bertz CT molecular complexity index is 357. The molecule has 0 heterocycles. The minimum atomic E-state index is -2.91. The van der Waals surface area contributed by atoms with E-state index in [1.807, 2.05) is 6.92 Å². The van der Waals surface area contributed by atoms with Crippen LogP contribution in [0.2, 0.25) is 0 Å². The summed E-state index contributed by atoms with van der Waals surface area (Å²) in [6.45, 7) is 3.72. The molecule has 0 aliphatic rings. The molecular weight excluding hydrogens is 260 g/mol. The van der Waals surface area contributed by atoms with E-state index in [0.29, 0.717) is 12.2 Å². The number of hydrogen-bond donors (Lipinski definition) is 2. The van der Waals surface area contributed by atoms with Crippen molar-refractivity contribution in [1.29, 1.82) is 0 Å². The van der Waals surface area contributed by atoms with Crippen LogP contribution in [0.3, 0.4) is 0 Å². The quantitative estimate of drug-likeness (QED) is 0.654. The van der Waals surface area contributed by atoms with Gasteiger partial charge < -0.3 is 11.1 Å². The van der Waals surface area contributed by atoms with Crippen molar-refractivity contribution in [2.24, 2.45) is 5.73 Å². The van der Waals surface area contributed by atoms with Crippen molar-refractivity contribution >= 4 is 27.5 Å². The first kappa shape index (κ1) is 16.7. The topological polar surface area (TPSA) is 89.3 Å². The largest absolute Gasteiger partial charge is 0.368 e. The fraction of sp³-hybridized carbons (Fsp3) is 0.900. The number of hydrogen-bond acceptors (Lipinski definition) is 5. The van der Waals surface area contributed by atoms with E-state index >= 15 is 0 Å². The molecule has 0 aromatic rings. The van der Waals surface area contributed by atoms with Crippen LogP contribution in [0.5, 0.6) is 0 Å². The zero-order valence-electron chi connectivity index (χ0n) is 10.8. The minimum Gasteiger partial charge on any atom is -0.368 e. The monoisotopic (exact) mass is 282 g/mol. The van der Waals surface area contributed by atoms with Gasteiger partial charge in [-0.15, -0.1) is 0 Å². The standard InChI is InChI=1S/C10H22N2O3S2/c1-8(16-5-6-17(4,14)15)7-10(2,12-3)9(11)13/h8,12H,5-7H2,1-4H3,(H2,11,13). The Kier molecular flexibility index (Phi) is 6.50. The van der Waals surface area contributed by atoms with Gasteiger partial charge in [0.25, 0.3) is 0 Å². The first-order valence-electron chi connectivity index (χ1n) is 5.39. The zero-order valence-corrected chi connectivity index (χ0v) is 12.5. The lowest BCUT2D eigenvalue weighted by atomic mass is 9.95. The Morgan fingerprint density at radius 3 is 2.41 bits per heavy atom. The summed E-state index contributed by atoms with van der Waals surface area (Å²) in [5, 5.41) is 3.08. The molecule has 0 radical (unpaired) electrons. The third kappa shape index (κ3) is 6.90. The van der Waals surface area contributed by atoms with Crippen molar-refractivity contribution < 1.29 is 13.2 Å². The van der Waals surface area contributed by atoms with Crippen LogP contribution in [0.15, 0.2) is 0 Å². The van der Waals surface area contributed by atoms with Crippen LogP contribution in [0.1, 0.15) is 20.3 Å². The number of thioether (sulfide) groups is 1. The number of amides is 1. The summed E-state index contributed by atoms with van der Waals surface area (Å²) in [7, 11) is -1.22. The molecule has 17 heavy (non-hydrogen) atoms. The molecule has 5 nitrogen and oxygen atoms in total. The van der Waals surface area contributed by atoms with E-state index in [1.54, 1.807) is 14.0 Å². The molecule has 0 rings (SSSR count). The second-order valence-electron chi connectivity index (χ2n) is 4.46. The summed E-state index contributed by atoms with van der Waals surface area (Å²) < 4.78 is 21.9. The van der Waals surface area contributed by atoms with Crippen LogP contribution in [0, 0.1) is 0 Å². The Labute approximate surface area is 108 Å². The van der Waals surface area contributed by atoms with Crippen LogP contribution in [-0.4, -0.2) is 49.9 Å². The minimum absolute atomic E-state index is 0.162. The molecule has 0 aromatic carbocycles. The van der Waals surface area contributed by atoms with Crippen LogP contribution in [0.25, 0.3) is 0 Å². The molecule has 0 saturated heterocycles. The molecule has 7 heteroatoms. The molecule has 0 fully saturated rings. The van der Waals surface area contributed by atoms with Crippen molar-refractivity contribution in [3.63, 3.8) is 0 Å². The van der Waals surface area contributed by atoms with Gasteiger partial charge in [-0.25, -0.2) is 8.42 Å². The van der Waals surface area contributed by atoms with Gasteiger partial charge in [-0.2, -0.15) is 11.8 Å². The number of carbonyl (C=O) groups excluding carboxylic acids is 1. The van der Waals surface area contributed by atoms with E-state index in [-0.39, 0.29) is 11.0 Å². The van der Waals surface area contributed by atoms with Crippen molar-refractivity contribution in [2.45, 2.75) is 31.1 Å². The summed E-state index contributed by atoms with van der Waals surface area (Å²) in [6, 6.07) is 0. The first-order valence-corrected chi connectivity index (χ1v) is 8.50. The van der Waals surface area contributed by atoms with E-state index in [4.69, 9.17) is 5.73 Å². The van der Waals surface area contributed by atoms with Crippen molar-refractivity contribution in [3.05, 3.63) is 0 Å². The van der Waals surface area contributed by atoms with Crippen LogP contribution in [-0.2, 0) is 14.6 Å². The van der Waals surface area contributed by atoms with Gasteiger partial charge in [0.15, 0.2) is 0 Å². The van der Waals surface area contributed by atoms with Gasteiger partial charge in [0.1, 0.15) is 9.84 Å². The lowest BCUT2D eigenvalue weighted by Gasteiger charge is -2.28. The molecular formula is C10H22N2O3S2. The molecule has 0 bridgehead atoms. The number of likely N-dealkylation sites (N-methyl/N-ethyl adjacent to an activating group) is 1. The third-order valence-electron chi connectivity index (χ3n) is 2.65. The maximum Gasteiger partial charge on any atom is 0.237 e. The molecule has 2 unspecified atom stereocenters. The predicted octanol–water partition coefficient (Wildman–Crippen LogP) is 0.00620. The second-order valence-corrected chi connectivity index (χ2v) is 8.27. The highest BCUT2D eigenvalue weighted by Gasteiger charge is 2.30. The van der Waals surface area contributed by atoms with Gasteiger partial charge in [-0.05, 0) is 20.4 Å². The highest BCUT2D eigenvalue weighted by atomic mass is 32.2. The van der Waals surface area contributed by atoms with E-state index in [1.165, 1.54) is 18.0 Å². The van der Waals surface area contributed by atoms with Crippen LogP contribution < -0.4 is 11.1 Å². The molecule has 2 atom stereocenters. The normalized spacial score (nSPS) is 17.4. The smallest absolute Gasteiger partial charge is 0.237 e. The highest BCUT2D eigenvalue weighted by molar-refractivity contribution is 8.01. The van der Waals surface area contributed by atoms with Crippen molar-refractivity contribution in [3.8, 4) is 0 Å². The highest BCUT2D eigenvalue weighted by Crippen LogP contribution is 2.21. The van der Waals surface area contributed by atoms with E-state index in [0.717, 1.165) is 0 Å². The number of sulfone groups is 1. The van der Waals surface area contributed by atoms with E-state index in [9.17, 15) is 13.2 Å². The van der Waals surface area contributed by atoms with Gasteiger partial charge in [-0.3, -0.25) is 4.79 Å². The number of rotatable bonds is 8. The average Bonchev–Trinajstić information content (AvgIpc) is 2.15. The number of nitrogens with one attached hydrogen (secondary N) is 1. The Balaban J connectivity index is 4.17. The molecule has 0 saturated carbocycles. The van der Waals surface area contributed by atoms with E-state index in [2.05, 4.69) is 5.32 Å². The van der Waals surface area contributed by atoms with E-state index < -0.39 is 21.3 Å². The average molecular weight is 282 g/mol. The maximum absolute atomic E-state index is 11.3. The molecule has 0 spiro atoms. The SMILES string of the molecule is CNC(C)(CC(C)SCCS(C)(=O)=O)C(N)=O. The van der Waals surface area contributed by atoms with Gasteiger partial charge in [0.2, 0.25) is 5.91 Å². The number of nitrogens with two attached hydrogens (primary N) is 1. The Morgan fingerprint density at radius 2 is 2.06 bits per heavy atom. The van der Waals surface area contributed by atoms with Crippen molar-refractivity contribution in [1.82, 2.24) is 5.32 Å². The summed E-state index contributed by atoms with van der Waals surface area (Å²) in [6.07, 6.45) is 1.80. The Morgan fingerprint density at radius 1 is 1.53 bits per heavy atom. The lowest BCUT2D eigenvalue weighted by Crippen LogP contribution is -2.52. The van der Waals surface area contributed by atoms with Crippen LogP contribution >= 0.6 is 11.8 Å². The van der Waals surface area contributed by atoms with Crippen molar-refractivity contribution in [2.75, 3.05) is 24.8 Å². The maximum atomic E-state index is 11.3. The van der Waals surface area contributed by atoms with Gasteiger partial charge in [0.05, 0.1) is 11.3 Å². The molecule has 1 amide bonds.